The average molecular weight is 460 g/mol. The first-order valence-corrected chi connectivity index (χ1v) is 11.8. The SMILES string of the molecule is CCCN(CCC)c1ccc(-c2cc3nc(NCc4cc(OC)cc(OC)c4)cnc3[nH]2)cc1. The number of nitrogens with one attached hydrogen (secondary N) is 2. The van der Waals surface area contributed by atoms with Gasteiger partial charge in [0.25, 0.3) is 0 Å². The number of aromatic amines is 1. The molecule has 2 N–H and O–H groups in total. The third-order valence-electron chi connectivity index (χ3n) is 5.75. The van der Waals surface area contributed by atoms with E-state index in [0.29, 0.717) is 12.4 Å². The fourth-order valence-electron chi connectivity index (χ4n) is 4.06. The molecule has 0 bridgehead atoms. The number of hydrogen-bond donors (Lipinski definition) is 2. The van der Waals surface area contributed by atoms with E-state index in [0.717, 1.165) is 65.4 Å². The van der Waals surface area contributed by atoms with Gasteiger partial charge in [0.2, 0.25) is 0 Å². The number of aromatic nitrogens is 3. The molecule has 178 valence electrons. The lowest BCUT2D eigenvalue weighted by atomic mass is 10.1. The van der Waals surface area contributed by atoms with E-state index >= 15 is 0 Å². The van der Waals surface area contributed by atoms with Gasteiger partial charge in [0.15, 0.2) is 5.65 Å². The van der Waals surface area contributed by atoms with Gasteiger partial charge in [-0.25, -0.2) is 9.97 Å². The number of benzene rings is 2. The highest BCUT2D eigenvalue weighted by Crippen LogP contribution is 2.26. The predicted molar refractivity (Wildman–Crippen MR) is 139 cm³/mol. The Hall–Kier alpha value is -3.74. The summed E-state index contributed by atoms with van der Waals surface area (Å²) >= 11 is 0. The van der Waals surface area contributed by atoms with Gasteiger partial charge >= 0.3 is 0 Å². The molecule has 2 heterocycles. The lowest BCUT2D eigenvalue weighted by molar-refractivity contribution is 0.393. The summed E-state index contributed by atoms with van der Waals surface area (Å²) in [6.07, 6.45) is 4.03. The summed E-state index contributed by atoms with van der Waals surface area (Å²) in [5.74, 6) is 2.22. The Morgan fingerprint density at radius 2 is 1.59 bits per heavy atom. The fourth-order valence-corrected chi connectivity index (χ4v) is 4.06. The Balaban J connectivity index is 1.49. The topological polar surface area (TPSA) is 75.3 Å². The van der Waals surface area contributed by atoms with Gasteiger partial charge in [-0.15, -0.1) is 0 Å². The van der Waals surface area contributed by atoms with E-state index in [9.17, 15) is 0 Å². The molecule has 2 aromatic carbocycles. The highest BCUT2D eigenvalue weighted by Gasteiger charge is 2.09. The summed E-state index contributed by atoms with van der Waals surface area (Å²) in [4.78, 5) is 15.1. The summed E-state index contributed by atoms with van der Waals surface area (Å²) in [5.41, 5.74) is 6.02. The van der Waals surface area contributed by atoms with Crippen molar-refractivity contribution < 1.29 is 9.47 Å². The molecular formula is C27H33N5O2. The van der Waals surface area contributed by atoms with Crippen LogP contribution in [0.3, 0.4) is 0 Å². The third kappa shape index (κ3) is 5.42. The summed E-state index contributed by atoms with van der Waals surface area (Å²) in [6, 6.07) is 16.6. The Morgan fingerprint density at radius 1 is 0.912 bits per heavy atom. The van der Waals surface area contributed by atoms with Crippen LogP contribution in [-0.2, 0) is 6.54 Å². The predicted octanol–water partition coefficient (Wildman–Crippen LogP) is 5.88. The molecule has 0 aliphatic carbocycles. The van der Waals surface area contributed by atoms with Crippen LogP contribution in [0.5, 0.6) is 11.5 Å². The average Bonchev–Trinajstić information content (AvgIpc) is 3.30. The maximum Gasteiger partial charge on any atom is 0.156 e. The second-order valence-electron chi connectivity index (χ2n) is 8.28. The van der Waals surface area contributed by atoms with Crippen molar-refractivity contribution >= 4 is 22.7 Å². The second kappa shape index (κ2) is 10.9. The molecule has 0 saturated heterocycles. The first-order valence-electron chi connectivity index (χ1n) is 11.8. The highest BCUT2D eigenvalue weighted by atomic mass is 16.5. The van der Waals surface area contributed by atoms with Crippen LogP contribution >= 0.6 is 0 Å². The number of fused-ring (bicyclic) bond motifs is 1. The molecule has 0 radical (unpaired) electrons. The zero-order valence-electron chi connectivity index (χ0n) is 20.4. The van der Waals surface area contributed by atoms with E-state index in [1.165, 1.54) is 5.69 Å². The summed E-state index contributed by atoms with van der Waals surface area (Å²) in [6.45, 7) is 7.17. The normalized spacial score (nSPS) is 10.9. The summed E-state index contributed by atoms with van der Waals surface area (Å²) in [7, 11) is 3.30. The largest absolute Gasteiger partial charge is 0.497 e. The monoisotopic (exact) mass is 459 g/mol. The number of nitrogens with zero attached hydrogens (tertiary/aromatic N) is 3. The maximum atomic E-state index is 5.35. The van der Waals surface area contributed by atoms with Gasteiger partial charge in [0.05, 0.1) is 20.4 Å². The van der Waals surface area contributed by atoms with E-state index < -0.39 is 0 Å². The van der Waals surface area contributed by atoms with Crippen molar-refractivity contribution in [1.29, 1.82) is 0 Å². The van der Waals surface area contributed by atoms with Crippen LogP contribution in [-0.4, -0.2) is 42.3 Å². The van der Waals surface area contributed by atoms with Crippen molar-refractivity contribution in [2.24, 2.45) is 0 Å². The van der Waals surface area contributed by atoms with Crippen LogP contribution in [0.1, 0.15) is 32.3 Å². The molecule has 7 heteroatoms. The minimum atomic E-state index is 0.582. The second-order valence-corrected chi connectivity index (χ2v) is 8.28. The minimum Gasteiger partial charge on any atom is -0.497 e. The molecule has 4 rings (SSSR count). The highest BCUT2D eigenvalue weighted by molar-refractivity contribution is 5.81. The van der Waals surface area contributed by atoms with Crippen molar-refractivity contribution in [2.75, 3.05) is 37.5 Å². The lowest BCUT2D eigenvalue weighted by Crippen LogP contribution is -2.24. The molecule has 34 heavy (non-hydrogen) atoms. The van der Waals surface area contributed by atoms with Gasteiger partial charge in [-0.2, -0.15) is 0 Å². The number of anilines is 2. The standard InChI is InChI=1S/C27H33N5O2/c1-5-11-32(12-6-2)21-9-7-20(8-10-21)24-16-25-27(31-24)29-18-26(30-25)28-17-19-13-22(33-3)15-23(14-19)34-4/h7-10,13-16,18H,5-6,11-12,17H2,1-4H3,(H,28,30)(H,29,31). The first kappa shape index (κ1) is 23.4. The lowest BCUT2D eigenvalue weighted by Gasteiger charge is -2.23. The molecule has 0 saturated carbocycles. The molecule has 0 aliphatic heterocycles. The molecule has 0 fully saturated rings. The number of hydrogen-bond acceptors (Lipinski definition) is 6. The van der Waals surface area contributed by atoms with Gasteiger partial charge in [-0.05, 0) is 54.3 Å². The van der Waals surface area contributed by atoms with Crippen molar-refractivity contribution in [3.05, 3.63) is 60.3 Å². The van der Waals surface area contributed by atoms with Crippen LogP contribution in [0.15, 0.2) is 54.7 Å². The Morgan fingerprint density at radius 3 is 2.21 bits per heavy atom. The van der Waals surface area contributed by atoms with Crippen molar-refractivity contribution in [3.63, 3.8) is 0 Å². The fraction of sp³-hybridized carbons (Fsp3) is 0.333. The molecule has 0 aliphatic rings. The first-order chi connectivity index (χ1) is 16.6. The molecule has 4 aromatic rings. The van der Waals surface area contributed by atoms with Gasteiger partial charge in [0.1, 0.15) is 22.8 Å². The summed E-state index contributed by atoms with van der Waals surface area (Å²) in [5, 5.41) is 3.34. The number of H-pyrrole nitrogens is 1. The van der Waals surface area contributed by atoms with E-state index in [1.54, 1.807) is 20.4 Å². The Labute approximate surface area is 201 Å². The molecule has 0 atom stereocenters. The van der Waals surface area contributed by atoms with Crippen LogP contribution in [0, 0.1) is 0 Å². The number of ether oxygens (including phenoxy) is 2. The minimum absolute atomic E-state index is 0.582. The molecule has 2 aromatic heterocycles. The van der Waals surface area contributed by atoms with Crippen molar-refractivity contribution in [2.45, 2.75) is 33.2 Å². The smallest absolute Gasteiger partial charge is 0.156 e. The van der Waals surface area contributed by atoms with E-state index in [1.807, 2.05) is 24.3 Å². The van der Waals surface area contributed by atoms with Gasteiger partial charge in [0, 0.05) is 37.1 Å². The Kier molecular flexibility index (Phi) is 7.52. The molecule has 0 unspecified atom stereocenters. The molecule has 0 amide bonds. The van der Waals surface area contributed by atoms with Crippen LogP contribution in [0.4, 0.5) is 11.5 Å². The maximum absolute atomic E-state index is 5.35. The number of rotatable bonds is 11. The third-order valence-corrected chi connectivity index (χ3v) is 5.75. The Bertz CT molecular complexity index is 1190. The zero-order chi connectivity index (χ0) is 23.9. The molecular weight excluding hydrogens is 426 g/mol. The number of methoxy groups -OCH3 is 2. The summed E-state index contributed by atoms with van der Waals surface area (Å²) < 4.78 is 10.7. The van der Waals surface area contributed by atoms with Gasteiger partial charge < -0.3 is 24.7 Å². The molecule has 7 nitrogen and oxygen atoms in total. The van der Waals surface area contributed by atoms with Gasteiger partial charge in [-0.3, -0.25) is 0 Å². The van der Waals surface area contributed by atoms with Crippen LogP contribution < -0.4 is 19.7 Å². The van der Waals surface area contributed by atoms with Gasteiger partial charge in [-0.1, -0.05) is 26.0 Å². The quantitative estimate of drug-likeness (QED) is 0.292. The van der Waals surface area contributed by atoms with E-state index in [4.69, 9.17) is 14.5 Å². The van der Waals surface area contributed by atoms with Crippen LogP contribution in [0.2, 0.25) is 0 Å². The van der Waals surface area contributed by atoms with Crippen molar-refractivity contribution in [1.82, 2.24) is 15.0 Å². The van der Waals surface area contributed by atoms with Crippen molar-refractivity contribution in [3.8, 4) is 22.8 Å². The van der Waals surface area contributed by atoms with Crippen LogP contribution in [0.25, 0.3) is 22.4 Å². The van der Waals surface area contributed by atoms with E-state index in [2.05, 4.69) is 58.3 Å². The zero-order valence-corrected chi connectivity index (χ0v) is 20.4. The van der Waals surface area contributed by atoms with E-state index in [-0.39, 0.29) is 0 Å². The molecule has 0 spiro atoms.